The van der Waals surface area contributed by atoms with Crippen molar-refractivity contribution in [3.8, 4) is 0 Å². The third-order valence-electron chi connectivity index (χ3n) is 2.66. The van der Waals surface area contributed by atoms with Crippen LogP contribution in [0.5, 0.6) is 0 Å². The van der Waals surface area contributed by atoms with Gasteiger partial charge < -0.3 is 10.5 Å². The van der Waals surface area contributed by atoms with E-state index in [-0.39, 0.29) is 12.6 Å². The number of alkyl halides is 3. The van der Waals surface area contributed by atoms with Crippen LogP contribution in [0.4, 0.5) is 13.2 Å². The predicted octanol–water partition coefficient (Wildman–Crippen LogP) is 3.27. The first-order valence-corrected chi connectivity index (χ1v) is 5.77. The maximum atomic E-state index is 11.9. The zero-order valence-electron chi connectivity index (χ0n) is 10.6. The molecule has 0 heterocycles. The largest absolute Gasteiger partial charge is 0.411 e. The van der Waals surface area contributed by atoms with Crippen LogP contribution in [0, 0.1) is 13.8 Å². The Morgan fingerprint density at radius 3 is 2.50 bits per heavy atom. The average molecular weight is 261 g/mol. The van der Waals surface area contributed by atoms with Gasteiger partial charge in [0.2, 0.25) is 0 Å². The normalized spacial score (nSPS) is 13.7. The van der Waals surface area contributed by atoms with Crippen LogP contribution in [0.3, 0.4) is 0 Å². The monoisotopic (exact) mass is 261 g/mol. The van der Waals surface area contributed by atoms with Crippen molar-refractivity contribution < 1.29 is 17.9 Å². The number of halogens is 3. The maximum absolute atomic E-state index is 11.9. The van der Waals surface area contributed by atoms with Crippen molar-refractivity contribution in [1.82, 2.24) is 0 Å². The Morgan fingerprint density at radius 1 is 1.28 bits per heavy atom. The second-order valence-corrected chi connectivity index (χ2v) is 4.42. The molecule has 0 amide bonds. The molecule has 1 rings (SSSR count). The highest BCUT2D eigenvalue weighted by Gasteiger charge is 2.27. The smallest absolute Gasteiger partial charge is 0.372 e. The number of aryl methyl sites for hydroxylation is 2. The Labute approximate surface area is 105 Å². The molecule has 0 aromatic heterocycles. The van der Waals surface area contributed by atoms with Crippen LogP contribution in [0.1, 0.15) is 29.2 Å². The molecule has 0 aliphatic carbocycles. The molecule has 1 unspecified atom stereocenters. The molecule has 0 radical (unpaired) electrons. The lowest BCUT2D eigenvalue weighted by Gasteiger charge is -2.15. The molecule has 1 atom stereocenters. The zero-order chi connectivity index (χ0) is 13.8. The van der Waals surface area contributed by atoms with Crippen molar-refractivity contribution in [2.45, 2.75) is 32.5 Å². The standard InChI is InChI=1S/C13H18F3NO/c1-9-3-4-11(10(2)7-9)12(17)5-6-18-8-13(14,15)16/h3-4,7,12H,5-6,8,17H2,1-2H3. The van der Waals surface area contributed by atoms with Crippen LogP contribution >= 0.6 is 0 Å². The predicted molar refractivity (Wildman–Crippen MR) is 64.3 cm³/mol. The van der Waals surface area contributed by atoms with Crippen molar-refractivity contribution >= 4 is 0 Å². The molecule has 0 saturated carbocycles. The van der Waals surface area contributed by atoms with Gasteiger partial charge in [0.15, 0.2) is 0 Å². The van der Waals surface area contributed by atoms with Crippen LogP contribution in [0.15, 0.2) is 18.2 Å². The molecule has 1 aromatic carbocycles. The maximum Gasteiger partial charge on any atom is 0.411 e. The number of nitrogens with two attached hydrogens (primary N) is 1. The SMILES string of the molecule is Cc1ccc(C(N)CCOCC(F)(F)F)c(C)c1. The summed E-state index contributed by atoms with van der Waals surface area (Å²) >= 11 is 0. The molecule has 0 aliphatic rings. The summed E-state index contributed by atoms with van der Waals surface area (Å²) in [6.45, 7) is 2.72. The summed E-state index contributed by atoms with van der Waals surface area (Å²) in [6, 6.07) is 5.57. The second-order valence-electron chi connectivity index (χ2n) is 4.42. The molecule has 0 bridgehead atoms. The molecule has 0 spiro atoms. The van der Waals surface area contributed by atoms with Gasteiger partial charge >= 0.3 is 6.18 Å². The molecule has 102 valence electrons. The molecule has 0 fully saturated rings. The van der Waals surface area contributed by atoms with Crippen molar-refractivity contribution in [3.05, 3.63) is 34.9 Å². The molecule has 1 aromatic rings. The quantitative estimate of drug-likeness (QED) is 0.826. The van der Waals surface area contributed by atoms with Gasteiger partial charge in [0.05, 0.1) is 0 Å². The minimum atomic E-state index is -4.27. The number of benzene rings is 1. The summed E-state index contributed by atoms with van der Waals surface area (Å²) in [5, 5.41) is 0. The number of hydrogen-bond donors (Lipinski definition) is 1. The summed E-state index contributed by atoms with van der Waals surface area (Å²) in [6.07, 6.45) is -3.90. The highest BCUT2D eigenvalue weighted by Crippen LogP contribution is 2.20. The molecular weight excluding hydrogens is 243 g/mol. The molecule has 0 saturated heterocycles. The fourth-order valence-corrected chi connectivity index (χ4v) is 1.80. The van der Waals surface area contributed by atoms with Gasteiger partial charge in [0.1, 0.15) is 6.61 Å². The topological polar surface area (TPSA) is 35.2 Å². The summed E-state index contributed by atoms with van der Waals surface area (Å²) in [5.41, 5.74) is 9.08. The number of rotatable bonds is 5. The summed E-state index contributed by atoms with van der Waals surface area (Å²) < 4.78 is 40.1. The number of hydrogen-bond acceptors (Lipinski definition) is 2. The highest BCUT2D eigenvalue weighted by atomic mass is 19.4. The van der Waals surface area contributed by atoms with Crippen LogP contribution in [-0.4, -0.2) is 19.4 Å². The number of ether oxygens (including phenoxy) is 1. The van der Waals surface area contributed by atoms with E-state index in [0.29, 0.717) is 6.42 Å². The van der Waals surface area contributed by atoms with Gasteiger partial charge in [-0.1, -0.05) is 23.8 Å². The molecule has 0 aliphatic heterocycles. The van der Waals surface area contributed by atoms with Crippen LogP contribution in [0.2, 0.25) is 0 Å². The molecule has 2 nitrogen and oxygen atoms in total. The van der Waals surface area contributed by atoms with Gasteiger partial charge in [-0.3, -0.25) is 0 Å². The Hall–Kier alpha value is -1.07. The summed E-state index contributed by atoms with van der Waals surface area (Å²) in [7, 11) is 0. The lowest BCUT2D eigenvalue weighted by molar-refractivity contribution is -0.174. The Kier molecular flexibility index (Phi) is 5.16. The van der Waals surface area contributed by atoms with E-state index >= 15 is 0 Å². The van der Waals surface area contributed by atoms with Crippen LogP contribution in [-0.2, 0) is 4.74 Å². The Bertz CT molecular complexity index is 390. The van der Waals surface area contributed by atoms with Crippen molar-refractivity contribution in [1.29, 1.82) is 0 Å². The van der Waals surface area contributed by atoms with E-state index in [4.69, 9.17) is 5.73 Å². The van der Waals surface area contributed by atoms with E-state index in [1.165, 1.54) is 0 Å². The fraction of sp³-hybridized carbons (Fsp3) is 0.538. The highest BCUT2D eigenvalue weighted by molar-refractivity contribution is 5.32. The Balaban J connectivity index is 2.43. The van der Waals surface area contributed by atoms with E-state index in [2.05, 4.69) is 4.74 Å². The van der Waals surface area contributed by atoms with Gasteiger partial charge in [0, 0.05) is 12.6 Å². The minimum Gasteiger partial charge on any atom is -0.372 e. The average Bonchev–Trinajstić information content (AvgIpc) is 2.22. The zero-order valence-corrected chi connectivity index (χ0v) is 10.6. The van der Waals surface area contributed by atoms with Gasteiger partial charge in [0.25, 0.3) is 0 Å². The van der Waals surface area contributed by atoms with Crippen molar-refractivity contribution in [3.63, 3.8) is 0 Å². The summed E-state index contributed by atoms with van der Waals surface area (Å²) in [5.74, 6) is 0. The third kappa shape index (κ3) is 5.06. The second kappa shape index (κ2) is 6.20. The van der Waals surface area contributed by atoms with Gasteiger partial charge in [-0.2, -0.15) is 13.2 Å². The molecule has 5 heteroatoms. The van der Waals surface area contributed by atoms with E-state index in [0.717, 1.165) is 16.7 Å². The van der Waals surface area contributed by atoms with Crippen LogP contribution < -0.4 is 5.73 Å². The van der Waals surface area contributed by atoms with Gasteiger partial charge in [-0.05, 0) is 31.4 Å². The lowest BCUT2D eigenvalue weighted by atomic mass is 9.98. The molecule has 18 heavy (non-hydrogen) atoms. The van der Waals surface area contributed by atoms with Crippen LogP contribution in [0.25, 0.3) is 0 Å². The van der Waals surface area contributed by atoms with E-state index < -0.39 is 12.8 Å². The van der Waals surface area contributed by atoms with E-state index in [1.807, 2.05) is 32.0 Å². The van der Waals surface area contributed by atoms with E-state index in [1.54, 1.807) is 0 Å². The third-order valence-corrected chi connectivity index (χ3v) is 2.66. The van der Waals surface area contributed by atoms with Crippen molar-refractivity contribution in [2.24, 2.45) is 5.73 Å². The molecule has 2 N–H and O–H groups in total. The fourth-order valence-electron chi connectivity index (χ4n) is 1.80. The first kappa shape index (κ1) is 15.0. The molecular formula is C13H18F3NO. The lowest BCUT2D eigenvalue weighted by Crippen LogP contribution is -2.20. The first-order valence-electron chi connectivity index (χ1n) is 5.77. The minimum absolute atomic E-state index is 0.00793. The van der Waals surface area contributed by atoms with E-state index in [9.17, 15) is 13.2 Å². The van der Waals surface area contributed by atoms with Crippen molar-refractivity contribution in [2.75, 3.05) is 13.2 Å². The first-order chi connectivity index (χ1) is 8.29. The van der Waals surface area contributed by atoms with Gasteiger partial charge in [-0.25, -0.2) is 0 Å². The van der Waals surface area contributed by atoms with Gasteiger partial charge in [-0.15, -0.1) is 0 Å². The Morgan fingerprint density at radius 2 is 1.94 bits per heavy atom. The summed E-state index contributed by atoms with van der Waals surface area (Å²) in [4.78, 5) is 0.